The number of hydrogen-bond acceptors (Lipinski definition) is 4. The Morgan fingerprint density at radius 2 is 1.93 bits per heavy atom. The Kier molecular flexibility index (Phi) is 14.9. The molecule has 0 aromatic rings. The zero-order valence-electron chi connectivity index (χ0n) is 8.49. The molecule has 0 radical (unpaired) electrons. The predicted octanol–water partition coefficient (Wildman–Crippen LogP) is -4.11. The molecule has 7 nitrogen and oxygen atoms in total. The number of rotatable bonds is 3. The maximum atomic E-state index is 10.4. The molecule has 0 aromatic heterocycles. The van der Waals surface area contributed by atoms with Gasteiger partial charge < -0.3 is 24.5 Å². The van der Waals surface area contributed by atoms with Crippen LogP contribution in [-0.2, 0) is 14.1 Å². The molecule has 0 saturated heterocycles. The second-order valence-corrected chi connectivity index (χ2v) is 3.02. The topological polar surface area (TPSA) is 127 Å². The summed E-state index contributed by atoms with van der Waals surface area (Å²) < 4.78 is 13.1. The van der Waals surface area contributed by atoms with E-state index in [0.717, 1.165) is 6.08 Å². The van der Waals surface area contributed by atoms with Crippen LogP contribution in [0.2, 0.25) is 0 Å². The fourth-order valence-corrected chi connectivity index (χ4v) is 0.261. The van der Waals surface area contributed by atoms with E-state index in [9.17, 15) is 9.90 Å². The Balaban J connectivity index is -0.000000208. The van der Waals surface area contributed by atoms with Gasteiger partial charge in [-0.2, -0.15) is 0 Å². The summed E-state index contributed by atoms with van der Waals surface area (Å²) in [7, 11) is -4.64. The molecule has 84 valence electrons. The van der Waals surface area contributed by atoms with Gasteiger partial charge in [0, 0.05) is 12.4 Å². The van der Waals surface area contributed by atoms with Crippen LogP contribution in [0.5, 0.6) is 0 Å². The maximum absolute atomic E-state index is 10.4. The monoisotopic (exact) mass is 250 g/mol. The Morgan fingerprint density at radius 1 is 1.60 bits per heavy atom. The molecule has 0 aromatic carbocycles. The third-order valence-corrected chi connectivity index (χ3v) is 0.748. The molecule has 15 heavy (non-hydrogen) atoms. The summed E-state index contributed by atoms with van der Waals surface area (Å²) in [5.74, 6) is -0.656. The molecule has 9 heteroatoms. The summed E-state index contributed by atoms with van der Waals surface area (Å²) in [5.41, 5.74) is 0. The second-order valence-electron chi connectivity index (χ2n) is 1.99. The van der Waals surface area contributed by atoms with E-state index < -0.39 is 20.1 Å². The molecule has 0 aliphatic carbocycles. The van der Waals surface area contributed by atoms with Crippen molar-refractivity contribution in [3.05, 3.63) is 12.7 Å². The molecule has 3 N–H and O–H groups in total. The summed E-state index contributed by atoms with van der Waals surface area (Å²) in [6, 6.07) is 0. The molecule has 1 unspecified atom stereocenters. The first kappa shape index (κ1) is 20.7. The van der Waals surface area contributed by atoms with Gasteiger partial charge in [0.15, 0.2) is 0 Å². The molecule has 0 aliphatic heterocycles. The van der Waals surface area contributed by atoms with Crippen molar-refractivity contribution in [1.82, 2.24) is 0 Å². The van der Waals surface area contributed by atoms with E-state index in [1.165, 1.54) is 0 Å². The standard InChI is InChI=1S/C6H9O3.Na.H3O4P/c1-3-5(7)9-6(8)4-2;;1-5(2,3)4/h3,6H,1,4H2,2H3;;(H3,1,2,3,4)/q-1;+1;. The molecule has 0 aliphatic rings. The summed E-state index contributed by atoms with van der Waals surface area (Å²) in [6.45, 7) is 4.78. The van der Waals surface area contributed by atoms with Crippen molar-refractivity contribution >= 4 is 13.8 Å². The second kappa shape index (κ2) is 10.8. The molecular weight excluding hydrogens is 238 g/mol. The van der Waals surface area contributed by atoms with Gasteiger partial charge in [-0.15, -0.1) is 0 Å². The smallest absolute Gasteiger partial charge is 0.821 e. The number of ether oxygens (including phenoxy) is 1. The van der Waals surface area contributed by atoms with E-state index in [2.05, 4.69) is 11.3 Å². The first-order chi connectivity index (χ1) is 6.20. The van der Waals surface area contributed by atoms with Crippen LogP contribution >= 0.6 is 7.82 Å². The van der Waals surface area contributed by atoms with Gasteiger partial charge in [0.05, 0.1) is 0 Å². The van der Waals surface area contributed by atoms with E-state index in [0.29, 0.717) is 6.42 Å². The third kappa shape index (κ3) is 31.4. The largest absolute Gasteiger partial charge is 1.00 e. The number of carbonyl (C=O) groups excluding carboxylic acids is 1. The van der Waals surface area contributed by atoms with Gasteiger partial charge in [0.25, 0.3) is 0 Å². The molecule has 0 heterocycles. The van der Waals surface area contributed by atoms with Gasteiger partial charge in [0.2, 0.25) is 0 Å². The van der Waals surface area contributed by atoms with Gasteiger partial charge in [-0.3, -0.25) is 0 Å². The molecule has 0 rings (SSSR count). The van der Waals surface area contributed by atoms with Crippen molar-refractivity contribution in [2.24, 2.45) is 0 Å². The average Bonchev–Trinajstić information content (AvgIpc) is 2.01. The van der Waals surface area contributed by atoms with Crippen LogP contribution in [0.15, 0.2) is 12.7 Å². The SMILES string of the molecule is C=CC(=O)OC([O-])CC.O=P(O)(O)O.[Na+]. The quantitative estimate of drug-likeness (QED) is 0.153. The summed E-state index contributed by atoms with van der Waals surface area (Å²) in [5, 5.41) is 10.4. The van der Waals surface area contributed by atoms with Crippen LogP contribution in [0.4, 0.5) is 0 Å². The summed E-state index contributed by atoms with van der Waals surface area (Å²) in [6.07, 6.45) is 0.0237. The van der Waals surface area contributed by atoms with Gasteiger partial charge in [0.1, 0.15) is 0 Å². The van der Waals surface area contributed by atoms with Crippen molar-refractivity contribution in [3.8, 4) is 0 Å². The molecule has 0 saturated carbocycles. The summed E-state index contributed by atoms with van der Waals surface area (Å²) >= 11 is 0. The molecule has 0 spiro atoms. The third-order valence-electron chi connectivity index (χ3n) is 0.748. The molecule has 0 bridgehead atoms. The van der Waals surface area contributed by atoms with Crippen LogP contribution < -0.4 is 34.7 Å². The first-order valence-electron chi connectivity index (χ1n) is 3.47. The zero-order chi connectivity index (χ0) is 11.8. The van der Waals surface area contributed by atoms with E-state index in [-0.39, 0.29) is 29.6 Å². The minimum atomic E-state index is -4.64. The fourth-order valence-electron chi connectivity index (χ4n) is 0.261. The van der Waals surface area contributed by atoms with E-state index in [1.54, 1.807) is 6.92 Å². The van der Waals surface area contributed by atoms with Crippen LogP contribution in [0.3, 0.4) is 0 Å². The molecule has 0 amide bonds. The Bertz CT molecular complexity index is 217. The minimum absolute atomic E-state index is 0. The Hall–Kier alpha value is 0.280. The van der Waals surface area contributed by atoms with E-state index >= 15 is 0 Å². The van der Waals surface area contributed by atoms with E-state index in [1.807, 2.05) is 0 Å². The molecule has 0 fully saturated rings. The van der Waals surface area contributed by atoms with Gasteiger partial charge in [-0.05, 0) is 6.42 Å². The van der Waals surface area contributed by atoms with Crippen molar-refractivity contribution in [1.29, 1.82) is 0 Å². The number of carbonyl (C=O) groups is 1. The van der Waals surface area contributed by atoms with Crippen molar-refractivity contribution < 1.29 is 63.4 Å². The maximum Gasteiger partial charge on any atom is 1.00 e. The van der Waals surface area contributed by atoms with Crippen LogP contribution in [0.25, 0.3) is 0 Å². The normalized spacial score (nSPS) is 11.3. The Labute approximate surface area is 109 Å². The van der Waals surface area contributed by atoms with Crippen molar-refractivity contribution in [2.45, 2.75) is 19.6 Å². The molecule has 1 atom stereocenters. The zero-order valence-corrected chi connectivity index (χ0v) is 11.4. The van der Waals surface area contributed by atoms with Gasteiger partial charge in [-0.1, -0.05) is 13.5 Å². The number of esters is 1. The van der Waals surface area contributed by atoms with E-state index in [4.69, 9.17) is 19.2 Å². The van der Waals surface area contributed by atoms with Gasteiger partial charge in [-0.25, -0.2) is 9.36 Å². The number of hydrogen-bond donors (Lipinski definition) is 3. The van der Waals surface area contributed by atoms with Gasteiger partial charge >= 0.3 is 43.3 Å². The predicted molar refractivity (Wildman–Crippen MR) is 44.6 cm³/mol. The van der Waals surface area contributed by atoms with Crippen LogP contribution in [0, 0.1) is 0 Å². The fraction of sp³-hybridized carbons (Fsp3) is 0.500. The first-order valence-corrected chi connectivity index (χ1v) is 5.04. The van der Waals surface area contributed by atoms with Crippen LogP contribution in [0.1, 0.15) is 13.3 Å². The number of phosphoric acid groups is 1. The average molecular weight is 250 g/mol. The Morgan fingerprint density at radius 3 is 2.13 bits per heavy atom. The van der Waals surface area contributed by atoms with Crippen LogP contribution in [-0.4, -0.2) is 26.9 Å². The molecular formula is C6H12NaO7P. The minimum Gasteiger partial charge on any atom is -0.821 e. The van der Waals surface area contributed by atoms with Crippen molar-refractivity contribution in [2.75, 3.05) is 0 Å². The summed E-state index contributed by atoms with van der Waals surface area (Å²) in [4.78, 5) is 31.8. The van der Waals surface area contributed by atoms with Crippen molar-refractivity contribution in [3.63, 3.8) is 0 Å².